The SMILES string of the molecule is CCc1ccc([C@@H](C)NC(=O)CSc2nnc(C(F)(F)F)n2N)cc1. The molecule has 1 aromatic carbocycles. The first-order valence-corrected chi connectivity index (χ1v) is 8.49. The molecule has 2 rings (SSSR count). The lowest BCUT2D eigenvalue weighted by molar-refractivity contribution is -0.146. The minimum atomic E-state index is -4.69. The van der Waals surface area contributed by atoms with E-state index in [-0.39, 0.29) is 22.9 Å². The Labute approximate surface area is 147 Å². The summed E-state index contributed by atoms with van der Waals surface area (Å²) in [4.78, 5) is 12.0. The average molecular weight is 373 g/mol. The van der Waals surface area contributed by atoms with Gasteiger partial charge in [0.2, 0.25) is 11.1 Å². The van der Waals surface area contributed by atoms with Crippen molar-refractivity contribution in [3.05, 3.63) is 41.2 Å². The van der Waals surface area contributed by atoms with Crippen LogP contribution in [0.5, 0.6) is 0 Å². The lowest BCUT2D eigenvalue weighted by Gasteiger charge is -2.14. The van der Waals surface area contributed by atoms with Crippen molar-refractivity contribution in [2.45, 2.75) is 37.6 Å². The van der Waals surface area contributed by atoms with Crippen LogP contribution in [0.15, 0.2) is 29.4 Å². The van der Waals surface area contributed by atoms with Crippen LogP contribution in [0.25, 0.3) is 0 Å². The van der Waals surface area contributed by atoms with Crippen molar-refractivity contribution in [3.8, 4) is 0 Å². The summed E-state index contributed by atoms with van der Waals surface area (Å²) in [7, 11) is 0. The van der Waals surface area contributed by atoms with Gasteiger partial charge in [-0.15, -0.1) is 10.2 Å². The Bertz CT molecular complexity index is 730. The predicted octanol–water partition coefficient (Wildman–Crippen LogP) is 2.54. The maximum absolute atomic E-state index is 12.6. The highest BCUT2D eigenvalue weighted by Gasteiger charge is 2.38. The molecular formula is C15H18F3N5OS. The van der Waals surface area contributed by atoms with Gasteiger partial charge >= 0.3 is 6.18 Å². The van der Waals surface area contributed by atoms with Crippen LogP contribution < -0.4 is 11.2 Å². The van der Waals surface area contributed by atoms with Gasteiger partial charge in [0, 0.05) is 0 Å². The van der Waals surface area contributed by atoms with E-state index in [9.17, 15) is 18.0 Å². The number of aryl methyl sites for hydroxylation is 1. The highest BCUT2D eigenvalue weighted by Crippen LogP contribution is 2.28. The number of carbonyl (C=O) groups is 1. The molecule has 3 N–H and O–H groups in total. The van der Waals surface area contributed by atoms with E-state index in [0.29, 0.717) is 4.68 Å². The number of carbonyl (C=O) groups excluding carboxylic acids is 1. The molecule has 0 spiro atoms. The molecule has 0 unspecified atom stereocenters. The standard InChI is InChI=1S/C15H18F3N5OS/c1-3-10-4-6-11(7-5-10)9(2)20-12(24)8-25-14-22-21-13(23(14)19)15(16,17)18/h4-7,9H,3,8,19H2,1-2H3,(H,20,24)/t9-/m1/s1. The smallest absolute Gasteiger partial charge is 0.349 e. The van der Waals surface area contributed by atoms with Crippen LogP contribution in [-0.2, 0) is 17.4 Å². The minimum absolute atomic E-state index is 0.120. The summed E-state index contributed by atoms with van der Waals surface area (Å²) in [5, 5.41) is 8.96. The highest BCUT2D eigenvalue weighted by atomic mass is 32.2. The largest absolute Gasteiger partial charge is 0.453 e. The summed E-state index contributed by atoms with van der Waals surface area (Å²) in [5.74, 6) is 3.55. The van der Waals surface area contributed by atoms with Crippen molar-refractivity contribution in [2.75, 3.05) is 11.6 Å². The zero-order chi connectivity index (χ0) is 18.6. The van der Waals surface area contributed by atoms with Crippen LogP contribution in [0.4, 0.5) is 13.2 Å². The van der Waals surface area contributed by atoms with Crippen molar-refractivity contribution in [1.29, 1.82) is 0 Å². The normalized spacial score (nSPS) is 12.8. The van der Waals surface area contributed by atoms with Crippen LogP contribution in [-0.4, -0.2) is 26.5 Å². The molecule has 6 nitrogen and oxygen atoms in total. The van der Waals surface area contributed by atoms with Crippen LogP contribution in [0.2, 0.25) is 0 Å². The molecule has 0 bridgehead atoms. The van der Waals surface area contributed by atoms with Crippen molar-refractivity contribution in [2.24, 2.45) is 0 Å². The summed E-state index contributed by atoms with van der Waals surface area (Å²) in [6.45, 7) is 3.88. The second kappa shape index (κ2) is 7.77. The number of thioether (sulfide) groups is 1. The molecule has 25 heavy (non-hydrogen) atoms. The zero-order valence-corrected chi connectivity index (χ0v) is 14.5. The molecule has 1 aromatic heterocycles. The first-order valence-electron chi connectivity index (χ1n) is 7.51. The predicted molar refractivity (Wildman–Crippen MR) is 88.3 cm³/mol. The molecule has 1 heterocycles. The van der Waals surface area contributed by atoms with Crippen LogP contribution in [0, 0.1) is 0 Å². The zero-order valence-electron chi connectivity index (χ0n) is 13.7. The van der Waals surface area contributed by atoms with Gasteiger partial charge in [0.05, 0.1) is 11.8 Å². The fraction of sp³-hybridized carbons (Fsp3) is 0.400. The highest BCUT2D eigenvalue weighted by molar-refractivity contribution is 7.99. The number of aromatic nitrogens is 3. The first-order chi connectivity index (χ1) is 11.7. The molecule has 2 aromatic rings. The summed E-state index contributed by atoms with van der Waals surface area (Å²) < 4.78 is 38.1. The lowest BCUT2D eigenvalue weighted by atomic mass is 10.1. The molecule has 0 saturated carbocycles. The van der Waals surface area contributed by atoms with Gasteiger partial charge in [-0.25, -0.2) is 4.68 Å². The fourth-order valence-electron chi connectivity index (χ4n) is 2.11. The second-order valence-electron chi connectivity index (χ2n) is 5.35. The molecule has 0 radical (unpaired) electrons. The molecule has 0 fully saturated rings. The van der Waals surface area contributed by atoms with Crippen molar-refractivity contribution in [3.63, 3.8) is 0 Å². The van der Waals surface area contributed by atoms with E-state index in [0.717, 1.165) is 23.7 Å². The topological polar surface area (TPSA) is 85.8 Å². The third-order valence-corrected chi connectivity index (χ3v) is 4.46. The number of nitrogen functional groups attached to an aromatic ring is 1. The van der Waals surface area contributed by atoms with Gasteiger partial charge in [-0.2, -0.15) is 13.2 Å². The minimum Gasteiger partial charge on any atom is -0.349 e. The quantitative estimate of drug-likeness (QED) is 0.600. The fourth-order valence-corrected chi connectivity index (χ4v) is 2.78. The number of halogens is 3. The summed E-state index contributed by atoms with van der Waals surface area (Å²) in [6.07, 6.45) is -3.76. The third-order valence-electron chi connectivity index (χ3n) is 3.52. The maximum Gasteiger partial charge on any atom is 0.453 e. The van der Waals surface area contributed by atoms with Gasteiger partial charge in [-0.1, -0.05) is 43.0 Å². The molecular weight excluding hydrogens is 355 g/mol. The number of nitrogens with one attached hydrogen (secondary N) is 1. The van der Waals surface area contributed by atoms with Crippen LogP contribution in [0.3, 0.4) is 0 Å². The molecule has 1 atom stereocenters. The summed E-state index contributed by atoms with van der Waals surface area (Å²) in [5.41, 5.74) is 2.14. The van der Waals surface area contributed by atoms with E-state index in [2.05, 4.69) is 22.4 Å². The van der Waals surface area contributed by atoms with Gasteiger partial charge in [0.25, 0.3) is 5.82 Å². The molecule has 10 heteroatoms. The summed E-state index contributed by atoms with van der Waals surface area (Å²) in [6, 6.07) is 7.62. The maximum atomic E-state index is 12.6. The number of nitrogens with zero attached hydrogens (tertiary/aromatic N) is 3. The van der Waals surface area contributed by atoms with Crippen molar-refractivity contribution >= 4 is 17.7 Å². The number of hydrogen-bond donors (Lipinski definition) is 2. The molecule has 0 saturated heterocycles. The number of nitrogens with two attached hydrogens (primary N) is 1. The van der Waals surface area contributed by atoms with Gasteiger partial charge in [-0.05, 0) is 24.5 Å². The van der Waals surface area contributed by atoms with E-state index in [1.165, 1.54) is 5.56 Å². The lowest BCUT2D eigenvalue weighted by Crippen LogP contribution is -2.28. The molecule has 0 aliphatic rings. The van der Waals surface area contributed by atoms with E-state index >= 15 is 0 Å². The molecule has 0 aliphatic carbocycles. The van der Waals surface area contributed by atoms with Gasteiger partial charge in [-0.3, -0.25) is 4.79 Å². The first kappa shape index (κ1) is 19.1. The number of amides is 1. The number of benzene rings is 1. The van der Waals surface area contributed by atoms with E-state index in [4.69, 9.17) is 5.84 Å². The number of hydrogen-bond acceptors (Lipinski definition) is 5. The Balaban J connectivity index is 1.91. The van der Waals surface area contributed by atoms with E-state index < -0.39 is 12.0 Å². The third kappa shape index (κ3) is 4.88. The second-order valence-corrected chi connectivity index (χ2v) is 6.29. The van der Waals surface area contributed by atoms with Crippen molar-refractivity contribution < 1.29 is 18.0 Å². The summed E-state index contributed by atoms with van der Waals surface area (Å²) >= 11 is 0.788. The number of rotatable bonds is 6. The monoisotopic (exact) mass is 373 g/mol. The van der Waals surface area contributed by atoms with Crippen LogP contribution in [0.1, 0.15) is 36.8 Å². The van der Waals surface area contributed by atoms with E-state index in [1.807, 2.05) is 31.2 Å². The van der Waals surface area contributed by atoms with Gasteiger partial charge in [0.15, 0.2) is 0 Å². The van der Waals surface area contributed by atoms with Gasteiger partial charge in [0.1, 0.15) is 0 Å². The Kier molecular flexibility index (Phi) is 5.93. The Morgan fingerprint density at radius 2 is 1.96 bits per heavy atom. The average Bonchev–Trinajstić information content (AvgIpc) is 2.94. The Morgan fingerprint density at radius 1 is 1.32 bits per heavy atom. The van der Waals surface area contributed by atoms with Crippen LogP contribution >= 0.6 is 11.8 Å². The Morgan fingerprint density at radius 3 is 2.48 bits per heavy atom. The number of alkyl halides is 3. The van der Waals surface area contributed by atoms with Crippen molar-refractivity contribution in [1.82, 2.24) is 20.2 Å². The molecule has 136 valence electrons. The Hall–Kier alpha value is -2.23. The molecule has 0 aliphatic heterocycles. The van der Waals surface area contributed by atoms with E-state index in [1.54, 1.807) is 0 Å². The van der Waals surface area contributed by atoms with Gasteiger partial charge < -0.3 is 11.2 Å². The molecule has 1 amide bonds.